The zero-order chi connectivity index (χ0) is 13.8. The van der Waals surface area contributed by atoms with Crippen LogP contribution >= 0.6 is 0 Å². The SMILES string of the molecule is CCCNc1nc(N(C)C)nc(-n2ccc(C)n2)n1. The largest absolute Gasteiger partial charge is 0.354 e. The molecule has 19 heavy (non-hydrogen) atoms. The van der Waals surface area contributed by atoms with Gasteiger partial charge in [-0.15, -0.1) is 0 Å². The van der Waals surface area contributed by atoms with E-state index in [1.165, 1.54) is 0 Å². The van der Waals surface area contributed by atoms with Crippen molar-refractivity contribution in [1.82, 2.24) is 24.7 Å². The van der Waals surface area contributed by atoms with Crippen LogP contribution in [0.15, 0.2) is 12.3 Å². The van der Waals surface area contributed by atoms with Crippen LogP contribution in [0.1, 0.15) is 19.0 Å². The van der Waals surface area contributed by atoms with E-state index in [1.807, 2.05) is 38.2 Å². The molecule has 2 aromatic rings. The highest BCUT2D eigenvalue weighted by Gasteiger charge is 2.10. The lowest BCUT2D eigenvalue weighted by Gasteiger charge is -2.13. The second-order valence-electron chi connectivity index (χ2n) is 4.48. The molecule has 0 amide bonds. The molecule has 0 saturated carbocycles. The summed E-state index contributed by atoms with van der Waals surface area (Å²) in [5.74, 6) is 1.70. The van der Waals surface area contributed by atoms with Crippen molar-refractivity contribution in [2.24, 2.45) is 0 Å². The second-order valence-corrected chi connectivity index (χ2v) is 4.48. The molecule has 2 rings (SSSR count). The van der Waals surface area contributed by atoms with Crippen LogP contribution in [0.4, 0.5) is 11.9 Å². The van der Waals surface area contributed by atoms with Gasteiger partial charge in [-0.05, 0) is 19.4 Å². The zero-order valence-corrected chi connectivity index (χ0v) is 11.8. The van der Waals surface area contributed by atoms with Crippen LogP contribution < -0.4 is 10.2 Å². The molecule has 0 bridgehead atoms. The van der Waals surface area contributed by atoms with E-state index < -0.39 is 0 Å². The maximum atomic E-state index is 4.39. The van der Waals surface area contributed by atoms with Crippen LogP contribution in [0.25, 0.3) is 5.95 Å². The summed E-state index contributed by atoms with van der Waals surface area (Å²) in [6.45, 7) is 4.86. The molecule has 7 heteroatoms. The highest BCUT2D eigenvalue weighted by Crippen LogP contribution is 2.11. The van der Waals surface area contributed by atoms with Gasteiger partial charge in [0.15, 0.2) is 0 Å². The summed E-state index contributed by atoms with van der Waals surface area (Å²) in [7, 11) is 3.80. The van der Waals surface area contributed by atoms with Crippen molar-refractivity contribution in [3.05, 3.63) is 18.0 Å². The average Bonchev–Trinajstić information content (AvgIpc) is 2.82. The minimum absolute atomic E-state index is 0.519. The van der Waals surface area contributed by atoms with Crippen molar-refractivity contribution >= 4 is 11.9 Å². The standard InChI is InChI=1S/C12H19N7/c1-5-7-13-10-14-11(18(3)4)16-12(15-10)19-8-6-9(2)17-19/h6,8H,5,7H2,1-4H3,(H,13,14,15,16). The average molecular weight is 261 g/mol. The Morgan fingerprint density at radius 1 is 1.26 bits per heavy atom. The zero-order valence-electron chi connectivity index (χ0n) is 11.8. The van der Waals surface area contributed by atoms with Gasteiger partial charge in [0.2, 0.25) is 11.9 Å². The Labute approximate surface area is 112 Å². The lowest BCUT2D eigenvalue weighted by Crippen LogP contribution is -2.17. The van der Waals surface area contributed by atoms with Crippen LogP contribution in [-0.2, 0) is 0 Å². The van der Waals surface area contributed by atoms with E-state index in [1.54, 1.807) is 4.68 Å². The van der Waals surface area contributed by atoms with Gasteiger partial charge in [-0.1, -0.05) is 6.92 Å². The maximum absolute atomic E-state index is 4.39. The number of nitrogens with zero attached hydrogens (tertiary/aromatic N) is 6. The second kappa shape index (κ2) is 5.64. The van der Waals surface area contributed by atoms with Crippen LogP contribution in [0.2, 0.25) is 0 Å². The molecule has 0 aliphatic carbocycles. The lowest BCUT2D eigenvalue weighted by atomic mass is 10.5. The number of aryl methyl sites for hydroxylation is 1. The van der Waals surface area contributed by atoms with Crippen LogP contribution in [0, 0.1) is 6.92 Å². The summed E-state index contributed by atoms with van der Waals surface area (Å²) in [5.41, 5.74) is 0.926. The molecule has 2 aromatic heterocycles. The molecule has 0 spiro atoms. The molecule has 0 aliphatic rings. The molecule has 1 N–H and O–H groups in total. The van der Waals surface area contributed by atoms with E-state index in [2.05, 4.69) is 32.3 Å². The minimum Gasteiger partial charge on any atom is -0.354 e. The first-order chi connectivity index (χ1) is 9.10. The van der Waals surface area contributed by atoms with E-state index in [-0.39, 0.29) is 0 Å². The third-order valence-electron chi connectivity index (χ3n) is 2.47. The van der Waals surface area contributed by atoms with E-state index in [4.69, 9.17) is 0 Å². The van der Waals surface area contributed by atoms with Crippen molar-refractivity contribution in [3.8, 4) is 5.95 Å². The molecule has 7 nitrogen and oxygen atoms in total. The Morgan fingerprint density at radius 3 is 2.63 bits per heavy atom. The lowest BCUT2D eigenvalue weighted by molar-refractivity contribution is 0.778. The predicted octanol–water partition coefficient (Wildman–Crippen LogP) is 1.25. The highest BCUT2D eigenvalue weighted by atomic mass is 15.4. The van der Waals surface area contributed by atoms with Crippen LogP contribution in [0.3, 0.4) is 0 Å². The molecular formula is C12H19N7. The van der Waals surface area contributed by atoms with Gasteiger partial charge < -0.3 is 10.2 Å². The third kappa shape index (κ3) is 3.18. The summed E-state index contributed by atoms with van der Waals surface area (Å²) in [4.78, 5) is 15.0. The number of aromatic nitrogens is 5. The first kappa shape index (κ1) is 13.3. The van der Waals surface area contributed by atoms with E-state index in [0.717, 1.165) is 18.7 Å². The Morgan fingerprint density at radius 2 is 2.05 bits per heavy atom. The first-order valence-electron chi connectivity index (χ1n) is 6.30. The molecule has 102 valence electrons. The fourth-order valence-corrected chi connectivity index (χ4v) is 1.50. The molecule has 2 heterocycles. The van der Waals surface area contributed by atoms with Crippen molar-refractivity contribution < 1.29 is 0 Å². The molecule has 0 saturated heterocycles. The van der Waals surface area contributed by atoms with Gasteiger partial charge in [0.1, 0.15) is 0 Å². The molecule has 0 atom stereocenters. The number of rotatable bonds is 5. The van der Waals surface area contributed by atoms with Crippen molar-refractivity contribution in [2.75, 3.05) is 30.9 Å². The number of nitrogens with one attached hydrogen (secondary N) is 1. The number of anilines is 2. The Hall–Kier alpha value is -2.18. The summed E-state index contributed by atoms with van der Waals surface area (Å²) in [6, 6.07) is 1.91. The monoisotopic (exact) mass is 261 g/mol. The van der Waals surface area contributed by atoms with E-state index >= 15 is 0 Å². The van der Waals surface area contributed by atoms with E-state index in [0.29, 0.717) is 17.8 Å². The number of hydrogen-bond acceptors (Lipinski definition) is 6. The fraction of sp³-hybridized carbons (Fsp3) is 0.500. The first-order valence-corrected chi connectivity index (χ1v) is 6.30. The van der Waals surface area contributed by atoms with Gasteiger partial charge >= 0.3 is 0 Å². The van der Waals surface area contributed by atoms with Crippen molar-refractivity contribution in [2.45, 2.75) is 20.3 Å². The molecular weight excluding hydrogens is 242 g/mol. The number of hydrogen-bond donors (Lipinski definition) is 1. The van der Waals surface area contributed by atoms with Crippen LogP contribution in [0.5, 0.6) is 0 Å². The smallest absolute Gasteiger partial charge is 0.257 e. The third-order valence-corrected chi connectivity index (χ3v) is 2.47. The molecule has 0 aliphatic heterocycles. The van der Waals surface area contributed by atoms with Gasteiger partial charge in [0.25, 0.3) is 5.95 Å². The molecule has 0 fully saturated rings. The summed E-state index contributed by atoms with van der Waals surface area (Å²) < 4.78 is 1.65. The minimum atomic E-state index is 0.519. The van der Waals surface area contributed by atoms with Crippen molar-refractivity contribution in [1.29, 1.82) is 0 Å². The van der Waals surface area contributed by atoms with Gasteiger partial charge in [-0.25, -0.2) is 4.68 Å². The van der Waals surface area contributed by atoms with Gasteiger partial charge in [-0.2, -0.15) is 20.1 Å². The molecule has 0 unspecified atom stereocenters. The summed E-state index contributed by atoms with van der Waals surface area (Å²) in [6.07, 6.45) is 2.85. The Balaban J connectivity index is 2.39. The fourth-order valence-electron chi connectivity index (χ4n) is 1.50. The quantitative estimate of drug-likeness (QED) is 0.873. The van der Waals surface area contributed by atoms with Gasteiger partial charge in [0, 0.05) is 26.8 Å². The van der Waals surface area contributed by atoms with Gasteiger partial charge in [0.05, 0.1) is 5.69 Å². The maximum Gasteiger partial charge on any atom is 0.257 e. The van der Waals surface area contributed by atoms with E-state index in [9.17, 15) is 0 Å². The normalized spacial score (nSPS) is 10.5. The van der Waals surface area contributed by atoms with Gasteiger partial charge in [-0.3, -0.25) is 0 Å². The topological polar surface area (TPSA) is 71.8 Å². The highest BCUT2D eigenvalue weighted by molar-refractivity contribution is 5.38. The molecule has 0 radical (unpaired) electrons. The Kier molecular flexibility index (Phi) is 3.94. The Bertz CT molecular complexity index is 547. The van der Waals surface area contributed by atoms with Crippen molar-refractivity contribution in [3.63, 3.8) is 0 Å². The van der Waals surface area contributed by atoms with Crippen LogP contribution in [-0.4, -0.2) is 45.4 Å². The predicted molar refractivity (Wildman–Crippen MR) is 74.8 cm³/mol. The summed E-state index contributed by atoms with van der Waals surface area (Å²) >= 11 is 0. The summed E-state index contributed by atoms with van der Waals surface area (Å²) in [5, 5.41) is 7.50. The molecule has 0 aromatic carbocycles.